The fourth-order valence-electron chi connectivity index (χ4n) is 10.2. The predicted molar refractivity (Wildman–Crippen MR) is 236 cm³/mol. The van der Waals surface area contributed by atoms with Gasteiger partial charge in [-0.15, -0.1) is 5.54 Å². The fraction of sp³-hybridized carbons (Fsp3) is 0.574. The predicted octanol–water partition coefficient (Wildman–Crippen LogP) is 9.18. The maximum atomic E-state index is 17.9. The standard InChI is InChI=1S/C47H59F2N5O7Si/c1-26(2)62(27(3)4,28(5)6)18-15-32-34(48)13-11-29-19-31(60-25-57-10)20-33(37(29)32)40-39(49)41-38-42(52-44(51-41)59-24-47(23-55)16-17-47)53-21-30-12-14-35(36(53)22-58-43(38)50-40)54(30)45(56)61-46(7,8)9/h11,13,19-20,26-28,30,35-36,55H,12,14,16-17,21-25H2,1-10H3/t30-,35+,36-/m1/s1. The maximum absolute atomic E-state index is 17.9. The highest BCUT2D eigenvalue weighted by Gasteiger charge is 2.52. The van der Waals surface area contributed by atoms with Crippen molar-refractivity contribution in [2.24, 2.45) is 5.41 Å². The lowest BCUT2D eigenvalue weighted by Crippen LogP contribution is -2.63. The van der Waals surface area contributed by atoms with Gasteiger partial charge in [0, 0.05) is 30.0 Å². The molecule has 3 aliphatic heterocycles. The summed E-state index contributed by atoms with van der Waals surface area (Å²) in [5.41, 5.74) is 3.59. The fourth-order valence-corrected chi connectivity index (χ4v) is 15.4. The Kier molecular flexibility index (Phi) is 11.6. The molecule has 1 saturated carbocycles. The summed E-state index contributed by atoms with van der Waals surface area (Å²) in [5.74, 6) is 2.83. The van der Waals surface area contributed by atoms with Crippen LogP contribution in [0.3, 0.4) is 0 Å². The highest BCUT2D eigenvalue weighted by molar-refractivity contribution is 6.90. The van der Waals surface area contributed by atoms with E-state index in [4.69, 9.17) is 38.6 Å². The van der Waals surface area contributed by atoms with Crippen LogP contribution in [0.1, 0.15) is 93.6 Å². The quantitative estimate of drug-likeness (QED) is 0.0881. The van der Waals surface area contributed by atoms with Gasteiger partial charge in [0.15, 0.2) is 12.6 Å². The number of ether oxygens (including phenoxy) is 5. The minimum atomic E-state index is -2.35. The Morgan fingerprint density at radius 2 is 1.73 bits per heavy atom. The number of aliphatic hydroxyl groups is 1. The molecule has 2 aromatic heterocycles. The van der Waals surface area contributed by atoms with Crippen molar-refractivity contribution < 1.29 is 42.4 Å². The van der Waals surface area contributed by atoms with Gasteiger partial charge in [-0.25, -0.2) is 18.6 Å². The van der Waals surface area contributed by atoms with Crippen LogP contribution < -0.4 is 19.1 Å². The van der Waals surface area contributed by atoms with Crippen LogP contribution in [-0.4, -0.2) is 103 Å². The molecule has 3 atom stereocenters. The number of piperazine rings is 1. The zero-order chi connectivity index (χ0) is 44.5. The molecule has 0 spiro atoms. The van der Waals surface area contributed by atoms with Gasteiger partial charge in [-0.05, 0) is 86.7 Å². The molecular formula is C47H59F2N5O7Si. The summed E-state index contributed by atoms with van der Waals surface area (Å²) in [4.78, 5) is 32.1. The average molecular weight is 872 g/mol. The number of anilines is 1. The van der Waals surface area contributed by atoms with E-state index in [1.54, 1.807) is 18.2 Å². The Balaban J connectivity index is 1.34. The average Bonchev–Trinajstić information content (AvgIpc) is 3.95. The third kappa shape index (κ3) is 7.70. The van der Waals surface area contributed by atoms with E-state index >= 15 is 8.78 Å². The SMILES string of the molecule is COCOc1cc(-c2nc3c4c(nc(OCC5(CO)CC5)nc4c2F)N2C[C@H]4CC[C@@H]([C@H]2CO3)N4C(=O)OC(C)(C)C)c2c(C#C[Si](C(C)C)(C(C)C)C(C)C)c(F)ccc2c1. The molecule has 3 fully saturated rings. The van der Waals surface area contributed by atoms with Gasteiger partial charge >= 0.3 is 12.1 Å². The number of rotatable bonds is 11. The molecule has 0 unspecified atom stereocenters. The lowest BCUT2D eigenvalue weighted by atomic mass is 9.95. The molecule has 62 heavy (non-hydrogen) atoms. The van der Waals surface area contributed by atoms with Crippen molar-refractivity contribution in [3.63, 3.8) is 0 Å². The van der Waals surface area contributed by atoms with Crippen LogP contribution in [0.2, 0.25) is 16.6 Å². The molecule has 2 bridgehead atoms. The van der Waals surface area contributed by atoms with Gasteiger partial charge in [-0.1, -0.05) is 53.5 Å². The second kappa shape index (κ2) is 16.4. The number of benzene rings is 2. The molecule has 332 valence electrons. The lowest BCUT2D eigenvalue weighted by Gasteiger charge is -2.46. The second-order valence-corrected chi connectivity index (χ2v) is 25.1. The number of aromatic nitrogens is 3. The Hall–Kier alpha value is -4.78. The molecule has 1 aliphatic carbocycles. The van der Waals surface area contributed by atoms with E-state index in [1.165, 1.54) is 13.2 Å². The van der Waals surface area contributed by atoms with Gasteiger partial charge < -0.3 is 33.7 Å². The van der Waals surface area contributed by atoms with E-state index in [2.05, 4.69) is 57.9 Å². The van der Waals surface area contributed by atoms with E-state index in [0.29, 0.717) is 51.9 Å². The maximum Gasteiger partial charge on any atom is 0.410 e. The number of methoxy groups -OCH3 is 1. The number of hydrogen-bond donors (Lipinski definition) is 1. The molecule has 4 aliphatic rings. The van der Waals surface area contributed by atoms with Crippen molar-refractivity contribution in [2.75, 3.05) is 45.2 Å². The number of carbonyl (C=O) groups excluding carboxylic acids is 1. The van der Waals surface area contributed by atoms with Crippen LogP contribution in [-0.2, 0) is 9.47 Å². The van der Waals surface area contributed by atoms with Crippen LogP contribution in [0.15, 0.2) is 24.3 Å². The first-order valence-corrected chi connectivity index (χ1v) is 24.1. The van der Waals surface area contributed by atoms with E-state index in [-0.39, 0.29) is 78.3 Å². The normalized spacial score (nSPS) is 20.3. The van der Waals surface area contributed by atoms with Gasteiger partial charge in [0.2, 0.25) is 5.88 Å². The van der Waals surface area contributed by atoms with Crippen molar-refractivity contribution in [1.82, 2.24) is 19.9 Å². The molecule has 5 heterocycles. The van der Waals surface area contributed by atoms with Crippen LogP contribution in [0.25, 0.3) is 32.9 Å². The minimum Gasteiger partial charge on any atom is -0.475 e. The third-order valence-corrected chi connectivity index (χ3v) is 19.8. The molecule has 8 rings (SSSR count). The zero-order valence-electron chi connectivity index (χ0n) is 37.5. The topological polar surface area (TPSA) is 129 Å². The Labute approximate surface area is 363 Å². The van der Waals surface area contributed by atoms with Gasteiger partial charge in [0.25, 0.3) is 0 Å². The lowest BCUT2D eigenvalue weighted by molar-refractivity contribution is 0.00537. The van der Waals surface area contributed by atoms with Gasteiger partial charge in [-0.3, -0.25) is 4.90 Å². The molecule has 0 radical (unpaired) electrons. The summed E-state index contributed by atoms with van der Waals surface area (Å²) >= 11 is 0. The van der Waals surface area contributed by atoms with Gasteiger partial charge in [0.05, 0.1) is 36.9 Å². The molecule has 1 amide bonds. The molecule has 2 aromatic carbocycles. The van der Waals surface area contributed by atoms with Crippen LogP contribution in [0.4, 0.5) is 19.4 Å². The molecule has 4 aromatic rings. The summed E-state index contributed by atoms with van der Waals surface area (Å²) in [6.45, 7) is 19.2. The highest BCUT2D eigenvalue weighted by atomic mass is 28.3. The van der Waals surface area contributed by atoms with Crippen LogP contribution >= 0.6 is 0 Å². The van der Waals surface area contributed by atoms with E-state index in [9.17, 15) is 9.90 Å². The van der Waals surface area contributed by atoms with Crippen molar-refractivity contribution in [2.45, 2.75) is 128 Å². The number of pyridine rings is 1. The summed E-state index contributed by atoms with van der Waals surface area (Å²) in [5, 5.41) is 11.3. The summed E-state index contributed by atoms with van der Waals surface area (Å²) in [6.07, 6.45) is 2.63. The zero-order valence-corrected chi connectivity index (χ0v) is 38.5. The second-order valence-electron chi connectivity index (χ2n) is 19.5. The van der Waals surface area contributed by atoms with Crippen molar-refractivity contribution in [3.8, 4) is 40.4 Å². The molecular weight excluding hydrogens is 813 g/mol. The number of amides is 1. The number of halogens is 2. The smallest absolute Gasteiger partial charge is 0.410 e. The van der Waals surface area contributed by atoms with Crippen molar-refractivity contribution >= 4 is 41.7 Å². The van der Waals surface area contributed by atoms with Crippen LogP contribution in [0, 0.1) is 28.5 Å². The highest BCUT2D eigenvalue weighted by Crippen LogP contribution is 2.48. The molecule has 2 saturated heterocycles. The number of carbonyl (C=O) groups is 1. The van der Waals surface area contributed by atoms with E-state index in [1.807, 2.05) is 25.7 Å². The summed E-state index contributed by atoms with van der Waals surface area (Å²) in [6, 6.07) is 5.46. The van der Waals surface area contributed by atoms with E-state index in [0.717, 1.165) is 19.3 Å². The Morgan fingerprint density at radius 1 is 1.00 bits per heavy atom. The number of fused-ring (bicyclic) bond motifs is 6. The molecule has 1 N–H and O–H groups in total. The first-order chi connectivity index (χ1) is 29.4. The summed E-state index contributed by atoms with van der Waals surface area (Å²) in [7, 11) is -0.842. The van der Waals surface area contributed by atoms with E-state index < -0.39 is 42.9 Å². The number of nitrogens with zero attached hydrogens (tertiary/aromatic N) is 5. The first-order valence-electron chi connectivity index (χ1n) is 21.9. The number of hydrogen-bond acceptors (Lipinski definition) is 11. The number of aliphatic hydroxyl groups excluding tert-OH is 1. The summed E-state index contributed by atoms with van der Waals surface area (Å²) < 4.78 is 64.2. The largest absolute Gasteiger partial charge is 0.475 e. The molecule has 12 nitrogen and oxygen atoms in total. The minimum absolute atomic E-state index is 0.0582. The first kappa shape index (κ1) is 43.8. The Morgan fingerprint density at radius 3 is 2.37 bits per heavy atom. The van der Waals surface area contributed by atoms with Crippen molar-refractivity contribution in [1.29, 1.82) is 0 Å². The van der Waals surface area contributed by atoms with Gasteiger partial charge in [-0.2, -0.15) is 9.97 Å². The monoisotopic (exact) mass is 871 g/mol. The Bertz CT molecular complexity index is 2440. The van der Waals surface area contributed by atoms with Gasteiger partial charge in [0.1, 0.15) is 54.3 Å². The third-order valence-electron chi connectivity index (χ3n) is 13.5. The van der Waals surface area contributed by atoms with Crippen molar-refractivity contribution in [3.05, 3.63) is 41.5 Å². The molecule has 15 heteroatoms. The van der Waals surface area contributed by atoms with Crippen LogP contribution in [0.5, 0.6) is 17.6 Å².